The fourth-order valence-corrected chi connectivity index (χ4v) is 2.86. The third-order valence-electron chi connectivity index (χ3n) is 4.06. The van der Waals surface area contributed by atoms with Crippen molar-refractivity contribution in [2.75, 3.05) is 6.54 Å². The second-order valence-electron chi connectivity index (χ2n) is 5.38. The van der Waals surface area contributed by atoms with Crippen molar-refractivity contribution in [3.8, 4) is 0 Å². The van der Waals surface area contributed by atoms with E-state index in [1.165, 1.54) is 25.0 Å². The van der Waals surface area contributed by atoms with Gasteiger partial charge < -0.3 is 5.73 Å². The van der Waals surface area contributed by atoms with Crippen LogP contribution in [-0.2, 0) is 6.54 Å². The quantitative estimate of drug-likeness (QED) is 0.907. The monoisotopic (exact) mass is 268 g/mol. The molecule has 0 amide bonds. The van der Waals surface area contributed by atoms with Gasteiger partial charge in [-0.2, -0.15) is 0 Å². The zero-order chi connectivity index (χ0) is 13.8. The van der Waals surface area contributed by atoms with E-state index in [4.69, 9.17) is 5.73 Å². The van der Waals surface area contributed by atoms with Crippen LogP contribution in [0.5, 0.6) is 0 Å². The molecule has 0 aliphatic carbocycles. The summed E-state index contributed by atoms with van der Waals surface area (Å²) in [6.45, 7) is 3.68. The molecule has 0 saturated carbocycles. The van der Waals surface area contributed by atoms with E-state index >= 15 is 0 Å². The molecule has 2 N–H and O–H groups in total. The maximum Gasteiger partial charge on any atom is 0.263 e. The zero-order valence-corrected chi connectivity index (χ0v) is 11.4. The van der Waals surface area contributed by atoms with Gasteiger partial charge in [-0.25, -0.2) is 8.78 Å². The second-order valence-corrected chi connectivity index (χ2v) is 5.38. The van der Waals surface area contributed by atoms with Crippen LogP contribution in [0.15, 0.2) is 24.3 Å². The van der Waals surface area contributed by atoms with Crippen LogP contribution in [0.25, 0.3) is 0 Å². The number of benzene rings is 1. The average Bonchev–Trinajstić information content (AvgIpc) is 2.41. The van der Waals surface area contributed by atoms with Crippen molar-refractivity contribution >= 4 is 0 Å². The number of alkyl halides is 2. The van der Waals surface area contributed by atoms with Gasteiger partial charge in [0.05, 0.1) is 0 Å². The Bertz CT molecular complexity index is 392. The summed E-state index contributed by atoms with van der Waals surface area (Å²) in [5, 5.41) is 0. The first kappa shape index (κ1) is 14.4. The molecule has 4 heteroatoms. The van der Waals surface area contributed by atoms with Crippen LogP contribution in [0.2, 0.25) is 0 Å². The van der Waals surface area contributed by atoms with Gasteiger partial charge in [0.1, 0.15) is 0 Å². The molecule has 2 rings (SSSR count). The minimum Gasteiger partial charge on any atom is -0.329 e. The summed E-state index contributed by atoms with van der Waals surface area (Å²) in [7, 11) is 0. The molecule has 106 valence electrons. The first-order valence-corrected chi connectivity index (χ1v) is 6.94. The maximum absolute atomic E-state index is 12.5. The van der Waals surface area contributed by atoms with Gasteiger partial charge in [0.2, 0.25) is 0 Å². The van der Waals surface area contributed by atoms with Gasteiger partial charge in [0.25, 0.3) is 6.43 Å². The van der Waals surface area contributed by atoms with Crippen LogP contribution in [0, 0.1) is 0 Å². The molecule has 1 heterocycles. The van der Waals surface area contributed by atoms with Crippen molar-refractivity contribution in [1.82, 2.24) is 4.90 Å². The molecule has 1 fully saturated rings. The van der Waals surface area contributed by atoms with Gasteiger partial charge in [0.15, 0.2) is 0 Å². The van der Waals surface area contributed by atoms with Crippen LogP contribution in [0.3, 0.4) is 0 Å². The van der Waals surface area contributed by atoms with E-state index in [9.17, 15) is 8.78 Å². The molecule has 2 unspecified atom stereocenters. The lowest BCUT2D eigenvalue weighted by Crippen LogP contribution is -2.48. The molecule has 0 aromatic heterocycles. The highest BCUT2D eigenvalue weighted by molar-refractivity contribution is 5.23. The smallest absolute Gasteiger partial charge is 0.263 e. The Kier molecular flexibility index (Phi) is 4.88. The molecule has 0 radical (unpaired) electrons. The molecule has 2 atom stereocenters. The lowest BCUT2D eigenvalue weighted by atomic mass is 9.95. The van der Waals surface area contributed by atoms with Crippen molar-refractivity contribution in [3.63, 3.8) is 0 Å². The van der Waals surface area contributed by atoms with Crippen LogP contribution in [-0.4, -0.2) is 23.5 Å². The summed E-state index contributed by atoms with van der Waals surface area (Å²) < 4.78 is 25.0. The molecule has 0 bridgehead atoms. The number of likely N-dealkylation sites (tertiary alicyclic amines) is 1. The van der Waals surface area contributed by atoms with Gasteiger partial charge >= 0.3 is 0 Å². The van der Waals surface area contributed by atoms with Crippen molar-refractivity contribution in [2.24, 2.45) is 5.73 Å². The average molecular weight is 268 g/mol. The van der Waals surface area contributed by atoms with Crippen LogP contribution in [0.1, 0.15) is 43.7 Å². The highest BCUT2D eigenvalue weighted by Crippen LogP contribution is 2.25. The van der Waals surface area contributed by atoms with E-state index in [1.54, 1.807) is 12.1 Å². The van der Waals surface area contributed by atoms with E-state index in [0.29, 0.717) is 18.6 Å². The van der Waals surface area contributed by atoms with Gasteiger partial charge in [0, 0.05) is 30.7 Å². The first-order valence-electron chi connectivity index (χ1n) is 6.94. The number of halogens is 2. The minimum atomic E-state index is -2.39. The fourth-order valence-electron chi connectivity index (χ4n) is 2.86. The topological polar surface area (TPSA) is 29.3 Å². The number of rotatable bonds is 4. The summed E-state index contributed by atoms with van der Waals surface area (Å²) in [6, 6.07) is 7.57. The summed E-state index contributed by atoms with van der Waals surface area (Å²) in [5.74, 6) is 0. The van der Waals surface area contributed by atoms with E-state index in [-0.39, 0.29) is 5.56 Å². The largest absolute Gasteiger partial charge is 0.329 e. The highest BCUT2D eigenvalue weighted by Gasteiger charge is 2.26. The molecular weight excluding hydrogens is 246 g/mol. The predicted molar refractivity (Wildman–Crippen MR) is 73.1 cm³/mol. The van der Waals surface area contributed by atoms with Gasteiger partial charge in [-0.3, -0.25) is 4.90 Å². The normalized spacial score (nSPS) is 24.9. The lowest BCUT2D eigenvalue weighted by molar-refractivity contribution is 0.0891. The molecule has 1 aliphatic heterocycles. The third-order valence-corrected chi connectivity index (χ3v) is 4.06. The lowest BCUT2D eigenvalue weighted by Gasteiger charge is -2.40. The molecule has 0 spiro atoms. The minimum absolute atomic E-state index is 0.0887. The molecule has 19 heavy (non-hydrogen) atoms. The van der Waals surface area contributed by atoms with Crippen molar-refractivity contribution in [2.45, 2.75) is 51.2 Å². The molecule has 1 aliphatic rings. The molecule has 1 aromatic carbocycles. The molecule has 2 nitrogen and oxygen atoms in total. The Balaban J connectivity index is 2.05. The number of hydrogen-bond acceptors (Lipinski definition) is 2. The van der Waals surface area contributed by atoms with Crippen LogP contribution in [0.4, 0.5) is 8.78 Å². The molecule has 1 aromatic rings. The Morgan fingerprint density at radius 2 is 1.95 bits per heavy atom. The third kappa shape index (κ3) is 3.51. The van der Waals surface area contributed by atoms with Gasteiger partial charge in [-0.15, -0.1) is 0 Å². The van der Waals surface area contributed by atoms with Gasteiger partial charge in [-0.1, -0.05) is 30.7 Å². The first-order chi connectivity index (χ1) is 9.11. The van der Waals surface area contributed by atoms with Crippen LogP contribution < -0.4 is 5.73 Å². The summed E-state index contributed by atoms with van der Waals surface area (Å²) >= 11 is 0. The molecular formula is C15H22F2N2. The second kappa shape index (κ2) is 6.44. The maximum atomic E-state index is 12.5. The fraction of sp³-hybridized carbons (Fsp3) is 0.600. The van der Waals surface area contributed by atoms with Crippen molar-refractivity contribution in [3.05, 3.63) is 35.4 Å². The Labute approximate surface area is 113 Å². The predicted octanol–water partition coefficient (Wildman–Crippen LogP) is 3.33. The Hall–Kier alpha value is -1.00. The summed E-state index contributed by atoms with van der Waals surface area (Å²) in [4.78, 5) is 2.40. The number of nitrogens with two attached hydrogens (primary N) is 1. The van der Waals surface area contributed by atoms with Gasteiger partial charge in [-0.05, 0) is 25.3 Å². The molecule has 1 saturated heterocycles. The zero-order valence-electron chi connectivity index (χ0n) is 11.4. The Morgan fingerprint density at radius 3 is 2.53 bits per heavy atom. The van der Waals surface area contributed by atoms with Crippen molar-refractivity contribution < 1.29 is 8.78 Å². The van der Waals surface area contributed by atoms with E-state index in [1.807, 2.05) is 0 Å². The van der Waals surface area contributed by atoms with E-state index in [0.717, 1.165) is 18.5 Å². The standard InChI is InChI=1S/C15H22F2N2/c1-11-3-2-4-14(9-18)19(11)10-12-5-7-13(8-6-12)15(16)17/h5-8,11,14-15H,2-4,9-10,18H2,1H3. The summed E-state index contributed by atoms with van der Waals surface area (Å²) in [6.07, 6.45) is 1.16. The Morgan fingerprint density at radius 1 is 1.26 bits per heavy atom. The SMILES string of the molecule is CC1CCCC(CN)N1Cc1ccc(C(F)F)cc1. The van der Waals surface area contributed by atoms with E-state index in [2.05, 4.69) is 11.8 Å². The number of nitrogens with zero attached hydrogens (tertiary/aromatic N) is 1. The number of hydrogen-bond donors (Lipinski definition) is 1. The van der Waals surface area contributed by atoms with E-state index < -0.39 is 6.43 Å². The number of piperidine rings is 1. The summed E-state index contributed by atoms with van der Waals surface area (Å²) in [5.41, 5.74) is 7.00. The van der Waals surface area contributed by atoms with Crippen molar-refractivity contribution in [1.29, 1.82) is 0 Å². The highest BCUT2D eigenvalue weighted by atomic mass is 19.3. The van der Waals surface area contributed by atoms with Crippen LogP contribution >= 0.6 is 0 Å².